The summed E-state index contributed by atoms with van der Waals surface area (Å²) in [6, 6.07) is 16.0. The van der Waals surface area contributed by atoms with Gasteiger partial charge in [-0.25, -0.2) is 9.59 Å². The standard InChI is InChI=1S/C32H35N3O5/c1-7-39-25-16-20-17-31(2,3)35-27(26(20)23-18-32(4,5)40-28(23)25)19-13-14-22(29(36)38-6)24(15-19)34-30(37)33-21-11-9-8-10-12-21/h8-16H,7,17-18H2,1-6H3,(H2,33,34,37). The molecule has 0 atom stereocenters. The molecule has 2 amide bonds. The van der Waals surface area contributed by atoms with Crippen molar-refractivity contribution in [1.82, 2.24) is 0 Å². The van der Waals surface area contributed by atoms with Gasteiger partial charge in [0.1, 0.15) is 5.60 Å². The molecular weight excluding hydrogens is 506 g/mol. The highest BCUT2D eigenvalue weighted by molar-refractivity contribution is 6.17. The number of para-hydroxylation sites is 1. The van der Waals surface area contributed by atoms with Crippen molar-refractivity contribution in [3.63, 3.8) is 0 Å². The van der Waals surface area contributed by atoms with Gasteiger partial charge in [0.2, 0.25) is 0 Å². The molecule has 0 spiro atoms. The first-order chi connectivity index (χ1) is 19.0. The molecule has 0 saturated heterocycles. The van der Waals surface area contributed by atoms with Gasteiger partial charge in [0.05, 0.1) is 36.2 Å². The van der Waals surface area contributed by atoms with E-state index in [1.165, 1.54) is 7.11 Å². The SMILES string of the molecule is CCOc1cc2c(c3c1OC(C)(C)C3)C(c1ccc(C(=O)OC)c(NC(=O)Nc3ccccc3)c1)=NC(C)(C)C2. The summed E-state index contributed by atoms with van der Waals surface area (Å²) in [5, 5.41) is 5.64. The number of hydrogen-bond acceptors (Lipinski definition) is 6. The third-order valence-corrected chi connectivity index (χ3v) is 6.96. The maximum absolute atomic E-state index is 12.9. The fraction of sp³-hybridized carbons (Fsp3) is 0.344. The van der Waals surface area contributed by atoms with Gasteiger partial charge in [-0.2, -0.15) is 0 Å². The average molecular weight is 542 g/mol. The lowest BCUT2D eigenvalue weighted by molar-refractivity contribution is 0.0602. The van der Waals surface area contributed by atoms with Crippen LogP contribution in [0.3, 0.4) is 0 Å². The molecule has 0 bridgehead atoms. The number of esters is 1. The van der Waals surface area contributed by atoms with E-state index in [1.54, 1.807) is 24.3 Å². The summed E-state index contributed by atoms with van der Waals surface area (Å²) in [5.41, 5.74) is 5.20. The lowest BCUT2D eigenvalue weighted by Gasteiger charge is -2.31. The molecule has 2 aliphatic rings. The molecule has 2 N–H and O–H groups in total. The number of carbonyl (C=O) groups excluding carboxylic acids is 2. The molecule has 0 aromatic heterocycles. The van der Waals surface area contributed by atoms with Crippen LogP contribution < -0.4 is 20.1 Å². The highest BCUT2D eigenvalue weighted by atomic mass is 16.5. The van der Waals surface area contributed by atoms with Crippen molar-refractivity contribution >= 4 is 29.1 Å². The van der Waals surface area contributed by atoms with Gasteiger partial charge in [-0.05, 0) is 76.9 Å². The molecule has 3 aromatic rings. The van der Waals surface area contributed by atoms with E-state index < -0.39 is 17.6 Å². The number of aliphatic imine (C=N–C) groups is 1. The Kier molecular flexibility index (Phi) is 7.04. The maximum atomic E-state index is 12.9. The Labute approximate surface area is 234 Å². The van der Waals surface area contributed by atoms with Crippen LogP contribution in [-0.2, 0) is 17.6 Å². The Morgan fingerprint density at radius 3 is 2.45 bits per heavy atom. The van der Waals surface area contributed by atoms with Crippen molar-refractivity contribution in [3.8, 4) is 11.5 Å². The molecule has 0 radical (unpaired) electrons. The van der Waals surface area contributed by atoms with E-state index in [1.807, 2.05) is 31.2 Å². The van der Waals surface area contributed by atoms with Crippen LogP contribution in [-0.4, -0.2) is 42.6 Å². The van der Waals surface area contributed by atoms with Gasteiger partial charge in [-0.1, -0.05) is 24.3 Å². The van der Waals surface area contributed by atoms with E-state index in [2.05, 4.69) is 44.4 Å². The third kappa shape index (κ3) is 5.39. The van der Waals surface area contributed by atoms with E-state index in [0.29, 0.717) is 24.4 Å². The minimum atomic E-state index is -0.551. The van der Waals surface area contributed by atoms with Crippen molar-refractivity contribution in [2.24, 2.45) is 4.99 Å². The summed E-state index contributed by atoms with van der Waals surface area (Å²) >= 11 is 0. The van der Waals surface area contributed by atoms with Crippen LogP contribution in [0.25, 0.3) is 0 Å². The lowest BCUT2D eigenvalue weighted by Crippen LogP contribution is -2.31. The number of ether oxygens (including phenoxy) is 3. The Hall–Kier alpha value is -4.33. The van der Waals surface area contributed by atoms with Gasteiger partial charge in [0, 0.05) is 28.8 Å². The zero-order chi connectivity index (χ0) is 28.7. The quantitative estimate of drug-likeness (QED) is 0.352. The molecule has 8 heteroatoms. The van der Waals surface area contributed by atoms with Gasteiger partial charge >= 0.3 is 12.0 Å². The number of urea groups is 1. The van der Waals surface area contributed by atoms with Gasteiger partial charge in [-0.3, -0.25) is 4.99 Å². The second kappa shape index (κ2) is 10.3. The zero-order valence-electron chi connectivity index (χ0n) is 23.8. The van der Waals surface area contributed by atoms with Crippen LogP contribution in [0.2, 0.25) is 0 Å². The predicted octanol–water partition coefficient (Wildman–Crippen LogP) is 6.40. The van der Waals surface area contributed by atoms with Crippen LogP contribution in [0.15, 0.2) is 59.6 Å². The molecule has 0 saturated carbocycles. The van der Waals surface area contributed by atoms with E-state index in [4.69, 9.17) is 19.2 Å². The summed E-state index contributed by atoms with van der Waals surface area (Å²) in [4.78, 5) is 30.7. The summed E-state index contributed by atoms with van der Waals surface area (Å²) in [6.07, 6.45) is 1.44. The van der Waals surface area contributed by atoms with Crippen LogP contribution in [0.4, 0.5) is 16.2 Å². The Bertz CT molecular complexity index is 1510. The first-order valence-electron chi connectivity index (χ1n) is 13.5. The van der Waals surface area contributed by atoms with E-state index >= 15 is 0 Å². The highest BCUT2D eigenvalue weighted by Crippen LogP contribution is 2.48. The van der Waals surface area contributed by atoms with E-state index in [9.17, 15) is 9.59 Å². The first kappa shape index (κ1) is 27.2. The third-order valence-electron chi connectivity index (χ3n) is 6.96. The number of nitrogens with zero attached hydrogens (tertiary/aromatic N) is 1. The molecule has 0 fully saturated rings. The molecule has 2 aliphatic heterocycles. The normalized spacial score (nSPS) is 16.1. The van der Waals surface area contributed by atoms with Gasteiger partial charge in [0.25, 0.3) is 0 Å². The number of carbonyl (C=O) groups is 2. The Morgan fingerprint density at radius 2 is 1.75 bits per heavy atom. The number of rotatable bonds is 6. The van der Waals surface area contributed by atoms with Crippen LogP contribution in [0.5, 0.6) is 11.5 Å². The first-order valence-corrected chi connectivity index (χ1v) is 13.5. The molecule has 3 aromatic carbocycles. The van der Waals surface area contributed by atoms with E-state index in [-0.39, 0.29) is 11.1 Å². The summed E-state index contributed by atoms with van der Waals surface area (Å²) in [6.45, 7) is 10.8. The molecule has 208 valence electrons. The van der Waals surface area contributed by atoms with Gasteiger partial charge in [-0.15, -0.1) is 0 Å². The molecule has 40 heavy (non-hydrogen) atoms. The maximum Gasteiger partial charge on any atom is 0.339 e. The number of amides is 2. The van der Waals surface area contributed by atoms with Gasteiger partial charge in [0.15, 0.2) is 11.5 Å². The summed E-state index contributed by atoms with van der Waals surface area (Å²) < 4.78 is 17.4. The minimum absolute atomic E-state index is 0.242. The zero-order valence-corrected chi connectivity index (χ0v) is 23.8. The number of benzene rings is 3. The Morgan fingerprint density at radius 1 is 1.00 bits per heavy atom. The van der Waals surface area contributed by atoms with Crippen LogP contribution in [0.1, 0.15) is 67.2 Å². The van der Waals surface area contributed by atoms with Crippen LogP contribution in [0, 0.1) is 0 Å². The Balaban J connectivity index is 1.61. The fourth-order valence-corrected chi connectivity index (χ4v) is 5.43. The van der Waals surface area contributed by atoms with Crippen molar-refractivity contribution < 1.29 is 23.8 Å². The second-order valence-corrected chi connectivity index (χ2v) is 11.3. The molecule has 0 aliphatic carbocycles. The molecule has 0 unspecified atom stereocenters. The van der Waals surface area contributed by atoms with Gasteiger partial charge < -0.3 is 24.8 Å². The number of fused-ring (bicyclic) bond motifs is 3. The lowest BCUT2D eigenvalue weighted by atomic mass is 9.80. The topological polar surface area (TPSA) is 98.3 Å². The number of hydrogen-bond donors (Lipinski definition) is 2. The monoisotopic (exact) mass is 541 g/mol. The fourth-order valence-electron chi connectivity index (χ4n) is 5.43. The number of anilines is 2. The average Bonchev–Trinajstić information content (AvgIpc) is 3.23. The largest absolute Gasteiger partial charge is 0.490 e. The predicted molar refractivity (Wildman–Crippen MR) is 156 cm³/mol. The summed E-state index contributed by atoms with van der Waals surface area (Å²) in [5.74, 6) is 0.954. The van der Waals surface area contributed by atoms with Crippen molar-refractivity contribution in [2.45, 2.75) is 58.6 Å². The number of methoxy groups -OCH3 is 1. The molecule has 2 heterocycles. The highest BCUT2D eigenvalue weighted by Gasteiger charge is 2.40. The number of nitrogens with one attached hydrogen (secondary N) is 2. The minimum Gasteiger partial charge on any atom is -0.490 e. The summed E-state index contributed by atoms with van der Waals surface area (Å²) in [7, 11) is 1.31. The van der Waals surface area contributed by atoms with Crippen molar-refractivity contribution in [3.05, 3.63) is 82.4 Å². The second-order valence-electron chi connectivity index (χ2n) is 11.3. The molecule has 8 nitrogen and oxygen atoms in total. The molecular formula is C32H35N3O5. The molecule has 5 rings (SSSR count). The van der Waals surface area contributed by atoms with E-state index in [0.717, 1.165) is 45.9 Å². The van der Waals surface area contributed by atoms with Crippen molar-refractivity contribution in [1.29, 1.82) is 0 Å². The van der Waals surface area contributed by atoms with Crippen molar-refractivity contribution in [2.75, 3.05) is 24.4 Å². The smallest absolute Gasteiger partial charge is 0.339 e. The van der Waals surface area contributed by atoms with Crippen LogP contribution >= 0.6 is 0 Å².